The fourth-order valence-corrected chi connectivity index (χ4v) is 8.73. The standard InChI is InChI=1S/C44H37NO4/c1-4-27-49-35-25-23-34(24-26-35)45-40(46)38-39(41(45)47)44(33-13-9-6-10-14-33)37(31-21-17-29(3)18-22-31)36(30-19-15-28(2)16-20-30)43(38,42(44)48)32-11-7-5-8-12-32/h5-26,38-39H,4,27H2,1-3H3/t38-,39-,43+,44+/m1/s1. The summed E-state index contributed by atoms with van der Waals surface area (Å²) in [5.41, 5.74) is 4.55. The molecule has 2 amide bonds. The molecular weight excluding hydrogens is 606 g/mol. The van der Waals surface area contributed by atoms with Crippen molar-refractivity contribution < 1.29 is 19.1 Å². The fourth-order valence-electron chi connectivity index (χ4n) is 8.73. The van der Waals surface area contributed by atoms with Crippen LogP contribution < -0.4 is 9.64 Å². The topological polar surface area (TPSA) is 63.7 Å². The summed E-state index contributed by atoms with van der Waals surface area (Å²) in [7, 11) is 0. The van der Waals surface area contributed by atoms with Gasteiger partial charge in [-0.15, -0.1) is 0 Å². The smallest absolute Gasteiger partial charge is 0.239 e. The summed E-state index contributed by atoms with van der Waals surface area (Å²) in [5.74, 6) is -2.09. The molecule has 5 aromatic carbocycles. The van der Waals surface area contributed by atoms with E-state index in [2.05, 4.69) is 24.3 Å². The fraction of sp³-hybridized carbons (Fsp3) is 0.205. The number of rotatable bonds is 8. The number of carbonyl (C=O) groups is 3. The van der Waals surface area contributed by atoms with Crippen LogP contribution in [-0.2, 0) is 25.2 Å². The molecule has 2 aliphatic carbocycles. The van der Waals surface area contributed by atoms with E-state index in [1.807, 2.05) is 106 Å². The van der Waals surface area contributed by atoms with Crippen molar-refractivity contribution in [3.05, 3.63) is 167 Å². The lowest BCUT2D eigenvalue weighted by Crippen LogP contribution is -2.45. The zero-order valence-corrected chi connectivity index (χ0v) is 27.9. The Hall–Kier alpha value is -5.55. The van der Waals surface area contributed by atoms with Gasteiger partial charge < -0.3 is 4.74 Å². The van der Waals surface area contributed by atoms with Gasteiger partial charge in [-0.05, 0) is 77.9 Å². The molecule has 1 saturated heterocycles. The normalized spacial score (nSPS) is 24.1. The van der Waals surface area contributed by atoms with E-state index in [4.69, 9.17) is 4.74 Å². The number of fused-ring (bicyclic) bond motifs is 5. The van der Waals surface area contributed by atoms with Gasteiger partial charge in [-0.25, -0.2) is 4.90 Å². The van der Waals surface area contributed by atoms with E-state index in [9.17, 15) is 0 Å². The first kappa shape index (κ1) is 30.8. The van der Waals surface area contributed by atoms with Crippen molar-refractivity contribution in [3.8, 4) is 5.75 Å². The second-order valence-electron chi connectivity index (χ2n) is 13.5. The molecule has 2 fully saturated rings. The Morgan fingerprint density at radius 2 is 1.00 bits per heavy atom. The van der Waals surface area contributed by atoms with Crippen molar-refractivity contribution in [1.29, 1.82) is 0 Å². The quantitative estimate of drug-likeness (QED) is 0.160. The van der Waals surface area contributed by atoms with E-state index in [1.54, 1.807) is 24.3 Å². The van der Waals surface area contributed by atoms with Crippen LogP contribution in [0.4, 0.5) is 5.69 Å². The molecule has 4 atom stereocenters. The number of hydrogen-bond donors (Lipinski definition) is 0. The molecular formula is C44H37NO4. The minimum absolute atomic E-state index is 0.122. The number of aryl methyl sites for hydroxylation is 2. The van der Waals surface area contributed by atoms with Gasteiger partial charge in [-0.2, -0.15) is 0 Å². The number of imide groups is 1. The van der Waals surface area contributed by atoms with Gasteiger partial charge in [0.1, 0.15) is 5.75 Å². The molecule has 5 heteroatoms. The summed E-state index contributed by atoms with van der Waals surface area (Å²) in [6, 6.07) is 42.8. The van der Waals surface area contributed by atoms with Crippen LogP contribution in [0.15, 0.2) is 133 Å². The lowest BCUT2D eigenvalue weighted by atomic mass is 9.59. The highest BCUT2D eigenvalue weighted by Gasteiger charge is 2.82. The second-order valence-corrected chi connectivity index (χ2v) is 13.5. The first-order valence-corrected chi connectivity index (χ1v) is 17.0. The van der Waals surface area contributed by atoms with E-state index in [0.717, 1.165) is 50.9 Å². The van der Waals surface area contributed by atoms with Crippen molar-refractivity contribution in [3.63, 3.8) is 0 Å². The van der Waals surface area contributed by atoms with Crippen LogP contribution in [0.1, 0.15) is 46.7 Å². The maximum Gasteiger partial charge on any atom is 0.239 e. The Balaban J connectivity index is 1.48. The summed E-state index contributed by atoms with van der Waals surface area (Å²) in [4.78, 5) is 47.7. The Bertz CT molecular complexity index is 1990. The summed E-state index contributed by atoms with van der Waals surface area (Å²) in [6.45, 7) is 6.69. The third-order valence-electron chi connectivity index (χ3n) is 10.7. The lowest BCUT2D eigenvalue weighted by molar-refractivity contribution is -0.130. The Morgan fingerprint density at radius 1 is 0.571 bits per heavy atom. The number of amides is 2. The first-order valence-electron chi connectivity index (χ1n) is 17.0. The zero-order chi connectivity index (χ0) is 33.9. The zero-order valence-electron chi connectivity index (χ0n) is 27.9. The maximum atomic E-state index is 16.0. The number of carbonyl (C=O) groups excluding carboxylic acids is 3. The SMILES string of the molecule is CCCOc1ccc(N2C(=O)[C@H]3[C@H](C2=O)[C@@]2(c4ccccc4)C(=O)[C@@]3(c3ccccc3)C(c3ccc(C)cc3)=C2c2ccc(C)cc2)cc1. The molecule has 3 aliphatic rings. The molecule has 242 valence electrons. The monoisotopic (exact) mass is 643 g/mol. The van der Waals surface area contributed by atoms with E-state index in [1.165, 1.54) is 4.90 Å². The third kappa shape index (κ3) is 4.21. The van der Waals surface area contributed by atoms with E-state index < -0.39 is 22.7 Å². The molecule has 5 nitrogen and oxygen atoms in total. The lowest BCUT2D eigenvalue weighted by Gasteiger charge is -2.39. The molecule has 1 heterocycles. The summed E-state index contributed by atoms with van der Waals surface area (Å²) < 4.78 is 5.81. The molecule has 1 saturated carbocycles. The van der Waals surface area contributed by atoms with Gasteiger partial charge >= 0.3 is 0 Å². The number of hydrogen-bond acceptors (Lipinski definition) is 4. The van der Waals surface area contributed by atoms with Gasteiger partial charge in [-0.1, -0.05) is 127 Å². The number of benzene rings is 5. The minimum Gasteiger partial charge on any atom is -0.494 e. The van der Waals surface area contributed by atoms with Crippen LogP contribution in [0, 0.1) is 25.7 Å². The number of nitrogens with zero attached hydrogens (tertiary/aromatic N) is 1. The highest BCUT2D eigenvalue weighted by Crippen LogP contribution is 2.74. The predicted octanol–water partition coefficient (Wildman–Crippen LogP) is 8.28. The number of anilines is 1. The van der Waals surface area contributed by atoms with Crippen LogP contribution in [0.2, 0.25) is 0 Å². The molecule has 0 radical (unpaired) electrons. The number of ketones is 1. The van der Waals surface area contributed by atoms with E-state index in [-0.39, 0.29) is 17.6 Å². The van der Waals surface area contributed by atoms with Crippen LogP contribution in [0.25, 0.3) is 11.1 Å². The molecule has 2 bridgehead atoms. The molecule has 0 spiro atoms. The number of allylic oxidation sites excluding steroid dienone is 2. The first-order chi connectivity index (χ1) is 23.8. The Labute approximate surface area is 286 Å². The van der Waals surface area contributed by atoms with Crippen LogP contribution in [-0.4, -0.2) is 24.2 Å². The van der Waals surface area contributed by atoms with Gasteiger partial charge in [0, 0.05) is 0 Å². The summed E-state index contributed by atoms with van der Waals surface area (Å²) in [6.07, 6.45) is 0.866. The van der Waals surface area contributed by atoms with Crippen molar-refractivity contribution >= 4 is 34.4 Å². The molecule has 5 aromatic rings. The summed E-state index contributed by atoms with van der Waals surface area (Å²) in [5, 5.41) is 0. The minimum atomic E-state index is -1.43. The molecule has 0 unspecified atom stereocenters. The molecule has 8 rings (SSSR count). The van der Waals surface area contributed by atoms with E-state index >= 15 is 14.4 Å². The molecule has 0 aromatic heterocycles. The molecule has 0 N–H and O–H groups in total. The van der Waals surface area contributed by atoms with Crippen molar-refractivity contribution in [2.24, 2.45) is 11.8 Å². The van der Waals surface area contributed by atoms with Gasteiger partial charge in [0.25, 0.3) is 0 Å². The van der Waals surface area contributed by atoms with Crippen LogP contribution in [0.5, 0.6) is 5.75 Å². The van der Waals surface area contributed by atoms with Crippen molar-refractivity contribution in [2.45, 2.75) is 38.0 Å². The summed E-state index contributed by atoms with van der Waals surface area (Å²) >= 11 is 0. The van der Waals surface area contributed by atoms with Gasteiger partial charge in [0.15, 0.2) is 5.78 Å². The number of ether oxygens (including phenoxy) is 1. The largest absolute Gasteiger partial charge is 0.494 e. The van der Waals surface area contributed by atoms with E-state index in [0.29, 0.717) is 18.0 Å². The van der Waals surface area contributed by atoms with Gasteiger partial charge in [-0.3, -0.25) is 14.4 Å². The maximum absolute atomic E-state index is 16.0. The third-order valence-corrected chi connectivity index (χ3v) is 10.7. The average molecular weight is 644 g/mol. The molecule has 49 heavy (non-hydrogen) atoms. The van der Waals surface area contributed by atoms with Gasteiger partial charge in [0.05, 0.1) is 35.0 Å². The Kier molecular flexibility index (Phi) is 7.25. The number of Topliss-reactive ketones (excluding diaryl/α,β-unsaturated/α-hetero) is 1. The van der Waals surface area contributed by atoms with Crippen molar-refractivity contribution in [2.75, 3.05) is 11.5 Å². The Morgan fingerprint density at radius 3 is 1.41 bits per heavy atom. The predicted molar refractivity (Wildman–Crippen MR) is 192 cm³/mol. The molecule has 1 aliphatic heterocycles. The van der Waals surface area contributed by atoms with Crippen molar-refractivity contribution in [1.82, 2.24) is 0 Å². The second kappa shape index (κ2) is 11.6. The highest BCUT2D eigenvalue weighted by molar-refractivity contribution is 6.39. The van der Waals surface area contributed by atoms with Crippen LogP contribution in [0.3, 0.4) is 0 Å². The van der Waals surface area contributed by atoms with Crippen LogP contribution >= 0.6 is 0 Å². The highest BCUT2D eigenvalue weighted by atomic mass is 16.5. The van der Waals surface area contributed by atoms with Gasteiger partial charge in [0.2, 0.25) is 11.8 Å². The average Bonchev–Trinajstić information content (AvgIpc) is 3.64.